The third-order valence-corrected chi connectivity index (χ3v) is 5.95. The maximum absolute atomic E-state index is 12.7. The molecule has 2 fully saturated rings. The number of para-hydroxylation sites is 1. The Morgan fingerprint density at radius 2 is 1.50 bits per heavy atom. The number of fused-ring (bicyclic) bond motifs is 1. The molecule has 1 aromatic heterocycles. The van der Waals surface area contributed by atoms with Crippen molar-refractivity contribution in [1.29, 1.82) is 0 Å². The number of carbonyl (C=O) groups excluding carboxylic acids is 1. The summed E-state index contributed by atoms with van der Waals surface area (Å²) in [5.41, 5.74) is 0.898. The molecule has 0 unspecified atom stereocenters. The first kappa shape index (κ1) is 18.8. The molecule has 1 heterocycles. The molecule has 2 saturated carbocycles. The van der Waals surface area contributed by atoms with E-state index in [2.05, 4.69) is 16.0 Å². The number of rotatable bonds is 4. The summed E-state index contributed by atoms with van der Waals surface area (Å²) in [5.74, 6) is 0. The number of benzene rings is 1. The highest BCUT2D eigenvalue weighted by Crippen LogP contribution is 2.31. The van der Waals surface area contributed by atoms with Crippen LogP contribution in [-0.4, -0.2) is 18.1 Å². The molecule has 0 spiro atoms. The monoisotopic (exact) mass is 383 g/mol. The summed E-state index contributed by atoms with van der Waals surface area (Å²) in [6.07, 6.45) is 11.2. The van der Waals surface area contributed by atoms with Crippen LogP contribution in [-0.2, 0) is 0 Å². The average Bonchev–Trinajstić information content (AvgIpc) is 2.72. The molecule has 0 aliphatic heterocycles. The van der Waals surface area contributed by atoms with E-state index < -0.39 is 5.63 Å². The van der Waals surface area contributed by atoms with Crippen LogP contribution in [0.5, 0.6) is 0 Å². The van der Waals surface area contributed by atoms with Gasteiger partial charge in [-0.25, -0.2) is 9.59 Å². The molecule has 4 rings (SSSR count). The van der Waals surface area contributed by atoms with E-state index in [0.717, 1.165) is 43.9 Å². The lowest BCUT2D eigenvalue weighted by Gasteiger charge is -2.26. The number of hydrogen-bond donors (Lipinski definition) is 3. The van der Waals surface area contributed by atoms with E-state index in [0.29, 0.717) is 17.3 Å². The van der Waals surface area contributed by atoms with Crippen LogP contribution < -0.4 is 21.6 Å². The Kier molecular flexibility index (Phi) is 5.84. The number of carbonyl (C=O) groups is 1. The van der Waals surface area contributed by atoms with Crippen molar-refractivity contribution in [1.82, 2.24) is 5.32 Å². The van der Waals surface area contributed by atoms with E-state index in [4.69, 9.17) is 4.42 Å². The summed E-state index contributed by atoms with van der Waals surface area (Å²) in [7, 11) is 0. The Morgan fingerprint density at radius 1 is 0.857 bits per heavy atom. The van der Waals surface area contributed by atoms with E-state index in [1.807, 2.05) is 18.2 Å². The minimum atomic E-state index is -0.518. The lowest BCUT2D eigenvalue weighted by Crippen LogP contribution is -2.40. The molecular weight excluding hydrogens is 354 g/mol. The zero-order chi connectivity index (χ0) is 19.3. The highest BCUT2D eigenvalue weighted by Gasteiger charge is 2.22. The third-order valence-electron chi connectivity index (χ3n) is 5.95. The van der Waals surface area contributed by atoms with Crippen molar-refractivity contribution in [3.05, 3.63) is 34.7 Å². The van der Waals surface area contributed by atoms with E-state index >= 15 is 0 Å². The summed E-state index contributed by atoms with van der Waals surface area (Å²) in [6.45, 7) is 0. The summed E-state index contributed by atoms with van der Waals surface area (Å²) in [6, 6.07) is 7.62. The number of anilines is 2. The summed E-state index contributed by atoms with van der Waals surface area (Å²) < 4.78 is 5.48. The minimum absolute atomic E-state index is 0.177. The molecule has 150 valence electrons. The van der Waals surface area contributed by atoms with E-state index in [1.54, 1.807) is 6.07 Å². The molecule has 28 heavy (non-hydrogen) atoms. The average molecular weight is 383 g/mol. The van der Waals surface area contributed by atoms with Crippen molar-refractivity contribution in [3.8, 4) is 0 Å². The molecule has 2 aliphatic carbocycles. The van der Waals surface area contributed by atoms with Gasteiger partial charge in [-0.2, -0.15) is 0 Å². The van der Waals surface area contributed by atoms with Crippen LogP contribution in [0.15, 0.2) is 33.5 Å². The van der Waals surface area contributed by atoms with Crippen LogP contribution in [0.1, 0.15) is 64.2 Å². The first-order valence-corrected chi connectivity index (χ1v) is 10.6. The Morgan fingerprint density at radius 3 is 2.21 bits per heavy atom. The highest BCUT2D eigenvalue weighted by molar-refractivity contribution is 6.01. The molecule has 2 amide bonds. The zero-order valence-electron chi connectivity index (χ0n) is 16.3. The smallest absolute Gasteiger partial charge is 0.362 e. The van der Waals surface area contributed by atoms with Crippen LogP contribution in [0, 0.1) is 0 Å². The van der Waals surface area contributed by atoms with Gasteiger partial charge < -0.3 is 15.1 Å². The van der Waals surface area contributed by atoms with Crippen molar-refractivity contribution >= 4 is 28.4 Å². The predicted molar refractivity (Wildman–Crippen MR) is 112 cm³/mol. The topological polar surface area (TPSA) is 83.4 Å². The maximum atomic E-state index is 12.7. The van der Waals surface area contributed by atoms with Gasteiger partial charge in [-0.15, -0.1) is 0 Å². The highest BCUT2D eigenvalue weighted by atomic mass is 16.4. The molecule has 2 aliphatic rings. The first-order chi connectivity index (χ1) is 13.7. The van der Waals surface area contributed by atoms with Crippen LogP contribution in [0.3, 0.4) is 0 Å². The molecular formula is C22H29N3O3. The molecule has 0 saturated heterocycles. The van der Waals surface area contributed by atoms with Gasteiger partial charge >= 0.3 is 11.7 Å². The second-order valence-corrected chi connectivity index (χ2v) is 8.05. The Bertz CT molecular complexity index is 880. The molecule has 0 atom stereocenters. The van der Waals surface area contributed by atoms with Gasteiger partial charge in [0.05, 0.1) is 5.69 Å². The fourth-order valence-electron chi connectivity index (χ4n) is 4.45. The number of urea groups is 1. The van der Waals surface area contributed by atoms with Crippen molar-refractivity contribution in [3.63, 3.8) is 0 Å². The number of nitrogens with one attached hydrogen (secondary N) is 3. The van der Waals surface area contributed by atoms with Gasteiger partial charge in [0.15, 0.2) is 5.69 Å². The van der Waals surface area contributed by atoms with E-state index in [1.165, 1.54) is 25.7 Å². The Labute approximate surface area is 165 Å². The van der Waals surface area contributed by atoms with Gasteiger partial charge in [0.2, 0.25) is 0 Å². The van der Waals surface area contributed by atoms with Gasteiger partial charge in [-0.05, 0) is 37.8 Å². The van der Waals surface area contributed by atoms with Crippen LogP contribution >= 0.6 is 0 Å². The molecule has 2 aromatic rings. The molecule has 6 nitrogen and oxygen atoms in total. The van der Waals surface area contributed by atoms with Crippen molar-refractivity contribution in [2.75, 3.05) is 10.6 Å². The second kappa shape index (κ2) is 8.67. The molecule has 0 bridgehead atoms. The summed E-state index contributed by atoms with van der Waals surface area (Å²) in [4.78, 5) is 25.3. The van der Waals surface area contributed by atoms with Gasteiger partial charge in [-0.3, -0.25) is 5.32 Å². The lowest BCUT2D eigenvalue weighted by molar-refractivity contribution is 0.244. The largest absolute Gasteiger partial charge is 0.421 e. The zero-order valence-corrected chi connectivity index (χ0v) is 16.3. The van der Waals surface area contributed by atoms with Crippen LogP contribution in [0.2, 0.25) is 0 Å². The number of hydrogen-bond acceptors (Lipinski definition) is 4. The van der Waals surface area contributed by atoms with Gasteiger partial charge in [-0.1, -0.05) is 50.7 Å². The molecule has 6 heteroatoms. The third kappa shape index (κ3) is 4.32. The van der Waals surface area contributed by atoms with Gasteiger partial charge in [0.25, 0.3) is 0 Å². The van der Waals surface area contributed by atoms with Crippen molar-refractivity contribution < 1.29 is 9.21 Å². The normalized spacial score (nSPS) is 18.7. The van der Waals surface area contributed by atoms with E-state index in [9.17, 15) is 9.59 Å². The van der Waals surface area contributed by atoms with Crippen LogP contribution in [0.4, 0.5) is 16.2 Å². The fraction of sp³-hybridized carbons (Fsp3) is 0.545. The standard InChI is InChI=1S/C22H29N3O3/c26-21-20(25-22(27)24-16-11-5-2-6-12-16)19(23-15-9-3-1-4-10-15)17-13-7-8-14-18(17)28-21/h7-8,13-16,23H,1-6,9-12H2,(H2,24,25,27). The first-order valence-electron chi connectivity index (χ1n) is 10.6. The van der Waals surface area contributed by atoms with Crippen LogP contribution in [0.25, 0.3) is 11.0 Å². The summed E-state index contributed by atoms with van der Waals surface area (Å²) >= 11 is 0. The maximum Gasteiger partial charge on any atom is 0.362 e. The molecule has 0 radical (unpaired) electrons. The lowest BCUT2D eigenvalue weighted by atomic mass is 9.95. The van der Waals surface area contributed by atoms with Crippen molar-refractivity contribution in [2.24, 2.45) is 0 Å². The molecule has 1 aromatic carbocycles. The van der Waals surface area contributed by atoms with Gasteiger partial charge in [0, 0.05) is 17.5 Å². The van der Waals surface area contributed by atoms with Crippen molar-refractivity contribution in [2.45, 2.75) is 76.3 Å². The Hall–Kier alpha value is -2.50. The predicted octanol–water partition coefficient (Wildman–Crippen LogP) is 4.99. The Balaban J connectivity index is 1.61. The second-order valence-electron chi connectivity index (χ2n) is 8.05. The summed E-state index contributed by atoms with van der Waals surface area (Å²) in [5, 5.41) is 10.2. The number of amides is 2. The van der Waals surface area contributed by atoms with E-state index in [-0.39, 0.29) is 17.8 Å². The quantitative estimate of drug-likeness (QED) is 0.649. The molecule has 3 N–H and O–H groups in total. The van der Waals surface area contributed by atoms with Gasteiger partial charge in [0.1, 0.15) is 5.58 Å². The minimum Gasteiger partial charge on any atom is -0.421 e. The fourth-order valence-corrected chi connectivity index (χ4v) is 4.45. The SMILES string of the molecule is O=C(Nc1c(NC2CCCCC2)c2ccccc2oc1=O)NC1CCCCC1.